The fraction of sp³-hybridized carbons (Fsp3) is 0.333. The molecule has 136 valence electrons. The van der Waals surface area contributed by atoms with Gasteiger partial charge in [-0.3, -0.25) is 4.79 Å². The molecule has 0 spiro atoms. The van der Waals surface area contributed by atoms with E-state index in [9.17, 15) is 14.7 Å². The molecular weight excluding hydrogens is 330 g/mol. The van der Waals surface area contributed by atoms with Crippen molar-refractivity contribution in [2.75, 3.05) is 5.32 Å². The number of carbonyl (C=O) groups is 2. The molecule has 1 aliphatic carbocycles. The summed E-state index contributed by atoms with van der Waals surface area (Å²) in [7, 11) is 0. The third-order valence-electron chi connectivity index (χ3n) is 4.84. The van der Waals surface area contributed by atoms with Crippen molar-refractivity contribution in [3.8, 4) is 11.5 Å². The molecule has 0 atom stereocenters. The van der Waals surface area contributed by atoms with Crippen molar-refractivity contribution in [3.05, 3.63) is 54.6 Å². The molecule has 3 rings (SSSR count). The second kappa shape index (κ2) is 8.04. The van der Waals surface area contributed by atoms with E-state index in [4.69, 9.17) is 4.74 Å². The number of carbonyl (C=O) groups excluding carboxylic acids is 2. The number of hydrogen-bond acceptors (Lipinski definition) is 4. The van der Waals surface area contributed by atoms with E-state index in [0.29, 0.717) is 11.4 Å². The maximum absolute atomic E-state index is 12.4. The normalized spacial score (nSPS) is 15.4. The van der Waals surface area contributed by atoms with Crippen molar-refractivity contribution < 1.29 is 19.4 Å². The van der Waals surface area contributed by atoms with Gasteiger partial charge < -0.3 is 20.0 Å². The summed E-state index contributed by atoms with van der Waals surface area (Å²) in [5.74, 6) is 0.181. The van der Waals surface area contributed by atoms with Crippen LogP contribution in [0.3, 0.4) is 0 Å². The van der Waals surface area contributed by atoms with Crippen molar-refractivity contribution in [1.29, 1.82) is 0 Å². The number of ether oxygens (including phenoxy) is 1. The number of anilines is 1. The number of benzene rings is 2. The van der Waals surface area contributed by atoms with E-state index < -0.39 is 11.4 Å². The summed E-state index contributed by atoms with van der Waals surface area (Å²) in [6.45, 7) is 0. The van der Waals surface area contributed by atoms with E-state index in [0.717, 1.165) is 31.4 Å². The van der Waals surface area contributed by atoms with Crippen molar-refractivity contribution in [2.24, 2.45) is 5.41 Å². The molecule has 5 heteroatoms. The number of para-hydroxylation sites is 1. The van der Waals surface area contributed by atoms with Gasteiger partial charge in [0.15, 0.2) is 0 Å². The number of carboxylic acid groups (broad SMARTS) is 1. The first kappa shape index (κ1) is 18.0. The van der Waals surface area contributed by atoms with Crippen molar-refractivity contribution in [1.82, 2.24) is 0 Å². The van der Waals surface area contributed by atoms with Gasteiger partial charge in [-0.2, -0.15) is 0 Å². The molecule has 0 unspecified atom stereocenters. The maximum Gasteiger partial charge on any atom is 0.224 e. The molecule has 5 nitrogen and oxygen atoms in total. The molecular formula is C21H22NO4-. The second-order valence-corrected chi connectivity index (χ2v) is 6.92. The highest BCUT2D eigenvalue weighted by Crippen LogP contribution is 2.44. The van der Waals surface area contributed by atoms with Crippen molar-refractivity contribution in [2.45, 2.75) is 38.5 Å². The standard InChI is InChI=1S/C21H23NO4/c23-19(14-21(15-20(24)25)12-4-5-13-21)22-16-8-10-18(11-9-16)26-17-6-2-1-3-7-17/h1-3,6-11H,4-5,12-15H2,(H,22,23)(H,24,25)/p-1. The number of hydrogen-bond donors (Lipinski definition) is 1. The van der Waals surface area contributed by atoms with Gasteiger partial charge in [-0.1, -0.05) is 31.0 Å². The van der Waals surface area contributed by atoms with E-state index in [-0.39, 0.29) is 18.7 Å². The lowest BCUT2D eigenvalue weighted by Crippen LogP contribution is -2.33. The van der Waals surface area contributed by atoms with Gasteiger partial charge in [0.05, 0.1) is 0 Å². The Bertz CT molecular complexity index is 749. The smallest absolute Gasteiger partial charge is 0.224 e. The Hall–Kier alpha value is -2.82. The average Bonchev–Trinajstić information content (AvgIpc) is 3.04. The first-order chi connectivity index (χ1) is 12.5. The quantitative estimate of drug-likeness (QED) is 0.827. The Morgan fingerprint density at radius 1 is 0.923 bits per heavy atom. The first-order valence-electron chi connectivity index (χ1n) is 8.87. The van der Waals surface area contributed by atoms with Gasteiger partial charge in [-0.25, -0.2) is 0 Å². The predicted molar refractivity (Wildman–Crippen MR) is 96.7 cm³/mol. The van der Waals surface area contributed by atoms with Crippen molar-refractivity contribution >= 4 is 17.6 Å². The Morgan fingerprint density at radius 2 is 1.54 bits per heavy atom. The number of carboxylic acids is 1. The molecule has 1 aliphatic rings. The Balaban J connectivity index is 1.58. The van der Waals surface area contributed by atoms with Crippen LogP contribution in [0.5, 0.6) is 11.5 Å². The van der Waals surface area contributed by atoms with Gasteiger partial charge in [0.1, 0.15) is 11.5 Å². The molecule has 1 saturated carbocycles. The van der Waals surface area contributed by atoms with Gasteiger partial charge in [-0.15, -0.1) is 0 Å². The molecule has 2 aromatic rings. The summed E-state index contributed by atoms with van der Waals surface area (Å²) in [6.07, 6.45) is 3.61. The van der Waals surface area contributed by atoms with E-state index in [2.05, 4.69) is 5.32 Å². The lowest BCUT2D eigenvalue weighted by atomic mass is 9.79. The molecule has 2 aromatic carbocycles. The summed E-state index contributed by atoms with van der Waals surface area (Å²) in [4.78, 5) is 23.4. The number of aliphatic carboxylic acids is 1. The van der Waals surface area contributed by atoms with Crippen molar-refractivity contribution in [3.63, 3.8) is 0 Å². The fourth-order valence-electron chi connectivity index (χ4n) is 3.62. The lowest BCUT2D eigenvalue weighted by Gasteiger charge is -2.28. The largest absolute Gasteiger partial charge is 0.550 e. The van der Waals surface area contributed by atoms with E-state index >= 15 is 0 Å². The zero-order valence-corrected chi connectivity index (χ0v) is 14.6. The fourth-order valence-corrected chi connectivity index (χ4v) is 3.62. The van der Waals surface area contributed by atoms with Crippen LogP contribution in [0.4, 0.5) is 5.69 Å². The number of nitrogens with one attached hydrogen (secondary N) is 1. The second-order valence-electron chi connectivity index (χ2n) is 6.92. The van der Waals surface area contributed by atoms with E-state index in [1.165, 1.54) is 0 Å². The van der Waals surface area contributed by atoms with Crippen LogP contribution in [-0.4, -0.2) is 11.9 Å². The van der Waals surface area contributed by atoms with Crippen LogP contribution in [-0.2, 0) is 9.59 Å². The zero-order chi connectivity index (χ0) is 18.4. The predicted octanol–water partition coefficient (Wildman–Crippen LogP) is 3.51. The summed E-state index contributed by atoms with van der Waals surface area (Å²) >= 11 is 0. The average molecular weight is 352 g/mol. The van der Waals surface area contributed by atoms with Crippen LogP contribution < -0.4 is 15.2 Å². The summed E-state index contributed by atoms with van der Waals surface area (Å²) < 4.78 is 5.72. The molecule has 0 radical (unpaired) electrons. The Kier molecular flexibility index (Phi) is 5.56. The van der Waals surface area contributed by atoms with Crippen LogP contribution in [0.1, 0.15) is 38.5 Å². The third kappa shape index (κ3) is 4.85. The van der Waals surface area contributed by atoms with Gasteiger partial charge in [0.2, 0.25) is 5.91 Å². The topological polar surface area (TPSA) is 78.5 Å². The monoisotopic (exact) mass is 352 g/mol. The minimum absolute atomic E-state index is 0.0513. The van der Waals surface area contributed by atoms with Crippen LogP contribution in [0.15, 0.2) is 54.6 Å². The van der Waals surface area contributed by atoms with Crippen LogP contribution in [0.25, 0.3) is 0 Å². The van der Waals surface area contributed by atoms with Gasteiger partial charge in [0, 0.05) is 18.1 Å². The number of amides is 1. The lowest BCUT2D eigenvalue weighted by molar-refractivity contribution is -0.308. The van der Waals surface area contributed by atoms with Gasteiger partial charge in [-0.05, 0) is 61.1 Å². The minimum Gasteiger partial charge on any atom is -0.550 e. The highest BCUT2D eigenvalue weighted by atomic mass is 16.5. The zero-order valence-electron chi connectivity index (χ0n) is 14.6. The Morgan fingerprint density at radius 3 is 2.15 bits per heavy atom. The molecule has 0 saturated heterocycles. The highest BCUT2D eigenvalue weighted by molar-refractivity contribution is 5.91. The van der Waals surface area contributed by atoms with Crippen LogP contribution in [0.2, 0.25) is 0 Å². The van der Waals surface area contributed by atoms with Gasteiger partial charge in [0.25, 0.3) is 0 Å². The van der Waals surface area contributed by atoms with Gasteiger partial charge >= 0.3 is 0 Å². The molecule has 0 heterocycles. The molecule has 0 aliphatic heterocycles. The van der Waals surface area contributed by atoms with E-state index in [1.54, 1.807) is 24.3 Å². The maximum atomic E-state index is 12.4. The molecule has 1 N–H and O–H groups in total. The highest BCUT2D eigenvalue weighted by Gasteiger charge is 2.36. The molecule has 0 aromatic heterocycles. The Labute approximate surface area is 153 Å². The summed E-state index contributed by atoms with van der Waals surface area (Å²) in [6, 6.07) is 16.6. The third-order valence-corrected chi connectivity index (χ3v) is 4.84. The molecule has 1 fully saturated rings. The summed E-state index contributed by atoms with van der Waals surface area (Å²) in [5, 5.41) is 13.9. The summed E-state index contributed by atoms with van der Waals surface area (Å²) in [5.41, 5.74) is 0.205. The van der Waals surface area contributed by atoms with Crippen LogP contribution >= 0.6 is 0 Å². The molecule has 26 heavy (non-hydrogen) atoms. The molecule has 0 bridgehead atoms. The minimum atomic E-state index is -1.08. The SMILES string of the molecule is O=C([O-])CC1(CC(=O)Nc2ccc(Oc3ccccc3)cc2)CCCC1. The first-order valence-corrected chi connectivity index (χ1v) is 8.87. The van der Waals surface area contributed by atoms with E-state index in [1.807, 2.05) is 30.3 Å². The molecule has 1 amide bonds. The van der Waals surface area contributed by atoms with Crippen LogP contribution in [0, 0.1) is 5.41 Å². The number of rotatable bonds is 7.